The van der Waals surface area contributed by atoms with Gasteiger partial charge in [0.05, 0.1) is 11.1 Å². The molecule has 2 nitrogen and oxygen atoms in total. The van der Waals surface area contributed by atoms with Gasteiger partial charge in [-0.15, -0.1) is 11.3 Å². The lowest BCUT2D eigenvalue weighted by atomic mass is 10.3. The molecule has 2 aromatic rings. The highest BCUT2D eigenvalue weighted by molar-refractivity contribution is 9.10. The molecule has 0 amide bonds. The van der Waals surface area contributed by atoms with E-state index >= 15 is 0 Å². The molecule has 0 atom stereocenters. The van der Waals surface area contributed by atoms with Gasteiger partial charge < -0.3 is 10.5 Å². The van der Waals surface area contributed by atoms with Gasteiger partial charge in [-0.25, -0.2) is 0 Å². The molecule has 0 aliphatic rings. The van der Waals surface area contributed by atoms with Crippen LogP contribution in [-0.4, -0.2) is 6.61 Å². The molecule has 1 aromatic heterocycles. The van der Waals surface area contributed by atoms with Crippen molar-refractivity contribution in [1.82, 2.24) is 0 Å². The number of hydrogen-bond acceptors (Lipinski definition) is 3. The maximum absolute atomic E-state index is 5.70. The monoisotopic (exact) mass is 297 g/mol. The Balaban J connectivity index is 1.92. The summed E-state index contributed by atoms with van der Waals surface area (Å²) in [6.07, 6.45) is 0.929. The maximum Gasteiger partial charge on any atom is 0.135 e. The smallest absolute Gasteiger partial charge is 0.135 e. The zero-order valence-electron chi connectivity index (χ0n) is 8.65. The van der Waals surface area contributed by atoms with Gasteiger partial charge in [0, 0.05) is 23.1 Å². The predicted molar refractivity (Wildman–Crippen MR) is 72.1 cm³/mol. The first-order chi connectivity index (χ1) is 7.75. The molecule has 84 valence electrons. The molecule has 2 N–H and O–H groups in total. The molecule has 0 saturated heterocycles. The number of halogens is 1. The third kappa shape index (κ3) is 3.00. The molecular weight excluding hydrogens is 286 g/mol. The first-order valence-corrected chi connectivity index (χ1v) is 6.63. The number of anilines is 1. The third-order valence-corrected chi connectivity index (χ3v) is 3.73. The van der Waals surface area contributed by atoms with Crippen LogP contribution in [0.1, 0.15) is 4.88 Å². The Kier molecular flexibility index (Phi) is 3.85. The van der Waals surface area contributed by atoms with E-state index in [0.29, 0.717) is 12.3 Å². The lowest BCUT2D eigenvalue weighted by Crippen LogP contribution is -2.01. The normalized spacial score (nSPS) is 10.3. The highest BCUT2D eigenvalue weighted by atomic mass is 79.9. The number of nitrogen functional groups attached to an aromatic ring is 1. The van der Waals surface area contributed by atoms with Crippen LogP contribution in [-0.2, 0) is 6.42 Å². The maximum atomic E-state index is 5.70. The second-order valence-corrected chi connectivity index (χ2v) is 5.25. The van der Waals surface area contributed by atoms with Crippen LogP contribution in [0.25, 0.3) is 0 Å². The van der Waals surface area contributed by atoms with Crippen LogP contribution in [0.3, 0.4) is 0 Å². The predicted octanol–water partition coefficient (Wildman–Crippen LogP) is 3.71. The summed E-state index contributed by atoms with van der Waals surface area (Å²) in [5.41, 5.74) is 6.41. The molecular formula is C12H12BrNOS. The van der Waals surface area contributed by atoms with Crippen molar-refractivity contribution in [1.29, 1.82) is 0 Å². The average molecular weight is 298 g/mol. The number of benzene rings is 1. The zero-order valence-corrected chi connectivity index (χ0v) is 11.1. The van der Waals surface area contributed by atoms with E-state index in [0.717, 1.165) is 16.6 Å². The Labute approximate surface area is 107 Å². The van der Waals surface area contributed by atoms with Crippen molar-refractivity contribution >= 4 is 33.0 Å². The SMILES string of the molecule is Nc1ccc(Br)c(OCCc2cccs2)c1. The fourth-order valence-electron chi connectivity index (χ4n) is 1.35. The van der Waals surface area contributed by atoms with Crippen molar-refractivity contribution in [3.8, 4) is 5.75 Å². The number of nitrogens with two attached hydrogens (primary N) is 1. The van der Waals surface area contributed by atoms with Gasteiger partial charge >= 0.3 is 0 Å². The van der Waals surface area contributed by atoms with Crippen LogP contribution < -0.4 is 10.5 Å². The second-order valence-electron chi connectivity index (χ2n) is 3.37. The van der Waals surface area contributed by atoms with Crippen molar-refractivity contribution < 1.29 is 4.74 Å². The summed E-state index contributed by atoms with van der Waals surface area (Å²) in [5.74, 6) is 0.802. The summed E-state index contributed by atoms with van der Waals surface area (Å²) >= 11 is 5.18. The molecule has 0 radical (unpaired) electrons. The van der Waals surface area contributed by atoms with Crippen LogP contribution in [0, 0.1) is 0 Å². The van der Waals surface area contributed by atoms with E-state index in [1.807, 2.05) is 18.2 Å². The van der Waals surface area contributed by atoms with Crippen LogP contribution in [0.15, 0.2) is 40.2 Å². The van der Waals surface area contributed by atoms with E-state index in [1.54, 1.807) is 11.3 Å². The minimum atomic E-state index is 0.669. The van der Waals surface area contributed by atoms with Crippen LogP contribution in [0.5, 0.6) is 5.75 Å². The first-order valence-electron chi connectivity index (χ1n) is 4.96. The summed E-state index contributed by atoms with van der Waals surface area (Å²) in [6, 6.07) is 9.74. The average Bonchev–Trinajstić information content (AvgIpc) is 2.76. The first kappa shape index (κ1) is 11.5. The highest BCUT2D eigenvalue weighted by Crippen LogP contribution is 2.27. The third-order valence-electron chi connectivity index (χ3n) is 2.14. The zero-order chi connectivity index (χ0) is 11.4. The van der Waals surface area contributed by atoms with Gasteiger partial charge in [0.1, 0.15) is 5.75 Å². The van der Waals surface area contributed by atoms with E-state index in [9.17, 15) is 0 Å². The van der Waals surface area contributed by atoms with Gasteiger partial charge in [0.25, 0.3) is 0 Å². The molecule has 0 unspecified atom stereocenters. The van der Waals surface area contributed by atoms with E-state index in [2.05, 4.69) is 33.4 Å². The standard InChI is InChI=1S/C12H12BrNOS/c13-11-4-3-9(14)8-12(11)15-6-5-10-2-1-7-16-10/h1-4,7-8H,5-6,14H2. The van der Waals surface area contributed by atoms with Gasteiger partial charge in [-0.3, -0.25) is 0 Å². The summed E-state index contributed by atoms with van der Waals surface area (Å²) in [5, 5.41) is 2.08. The van der Waals surface area contributed by atoms with Crippen molar-refractivity contribution in [2.24, 2.45) is 0 Å². The minimum absolute atomic E-state index is 0.669. The molecule has 1 aromatic carbocycles. The molecule has 2 rings (SSSR count). The van der Waals surface area contributed by atoms with Crippen LogP contribution in [0.2, 0.25) is 0 Å². The van der Waals surface area contributed by atoms with Crippen molar-refractivity contribution in [3.05, 3.63) is 45.1 Å². The van der Waals surface area contributed by atoms with E-state index in [-0.39, 0.29) is 0 Å². The second kappa shape index (κ2) is 5.37. The quantitative estimate of drug-likeness (QED) is 0.873. The van der Waals surface area contributed by atoms with Crippen molar-refractivity contribution in [2.45, 2.75) is 6.42 Å². The Morgan fingerprint density at radius 2 is 2.19 bits per heavy atom. The fraction of sp³-hybridized carbons (Fsp3) is 0.167. The fourth-order valence-corrected chi connectivity index (χ4v) is 2.40. The largest absolute Gasteiger partial charge is 0.492 e. The Bertz CT molecular complexity index is 456. The van der Waals surface area contributed by atoms with Gasteiger partial charge in [0.2, 0.25) is 0 Å². The number of rotatable bonds is 4. The van der Waals surface area contributed by atoms with Crippen LogP contribution in [0.4, 0.5) is 5.69 Å². The van der Waals surface area contributed by atoms with Crippen molar-refractivity contribution in [2.75, 3.05) is 12.3 Å². The van der Waals surface area contributed by atoms with Gasteiger partial charge in [-0.2, -0.15) is 0 Å². The summed E-state index contributed by atoms with van der Waals surface area (Å²) in [7, 11) is 0. The van der Waals surface area contributed by atoms with Crippen molar-refractivity contribution in [3.63, 3.8) is 0 Å². The molecule has 0 fully saturated rings. The van der Waals surface area contributed by atoms with E-state index in [4.69, 9.17) is 10.5 Å². The molecule has 0 saturated carbocycles. The molecule has 4 heteroatoms. The van der Waals surface area contributed by atoms with E-state index < -0.39 is 0 Å². The number of hydrogen-bond donors (Lipinski definition) is 1. The molecule has 16 heavy (non-hydrogen) atoms. The Hall–Kier alpha value is -1.00. The minimum Gasteiger partial charge on any atom is -0.492 e. The summed E-state index contributed by atoms with van der Waals surface area (Å²) < 4.78 is 6.61. The molecule has 1 heterocycles. The highest BCUT2D eigenvalue weighted by Gasteiger charge is 2.02. The number of thiophene rings is 1. The van der Waals surface area contributed by atoms with Gasteiger partial charge in [-0.1, -0.05) is 6.07 Å². The molecule has 0 aliphatic carbocycles. The number of ether oxygens (including phenoxy) is 1. The lowest BCUT2D eigenvalue weighted by molar-refractivity contribution is 0.321. The Morgan fingerprint density at radius 3 is 2.94 bits per heavy atom. The lowest BCUT2D eigenvalue weighted by Gasteiger charge is -2.08. The topological polar surface area (TPSA) is 35.2 Å². The molecule has 0 bridgehead atoms. The van der Waals surface area contributed by atoms with Crippen LogP contribution >= 0.6 is 27.3 Å². The van der Waals surface area contributed by atoms with E-state index in [1.165, 1.54) is 4.88 Å². The summed E-state index contributed by atoms with van der Waals surface area (Å²) in [6.45, 7) is 0.669. The van der Waals surface area contributed by atoms with Gasteiger partial charge in [0.15, 0.2) is 0 Å². The molecule has 0 spiro atoms. The van der Waals surface area contributed by atoms with Gasteiger partial charge in [-0.05, 0) is 39.5 Å². The Morgan fingerprint density at radius 1 is 1.31 bits per heavy atom. The summed E-state index contributed by atoms with van der Waals surface area (Å²) in [4.78, 5) is 1.33. The molecule has 0 aliphatic heterocycles.